The summed E-state index contributed by atoms with van der Waals surface area (Å²) < 4.78 is 42.4. The molecular weight excluding hydrogens is 631 g/mol. The van der Waals surface area contributed by atoms with Crippen LogP contribution in [0.3, 0.4) is 0 Å². The molecule has 0 unspecified atom stereocenters. The van der Waals surface area contributed by atoms with E-state index >= 15 is 0 Å². The minimum Gasteiger partial charge on any atom is -0.488 e. The molecule has 0 saturated carbocycles. The molecule has 0 spiro atoms. The molecule has 0 amide bonds. The van der Waals surface area contributed by atoms with Gasteiger partial charge in [0.15, 0.2) is 0 Å². The van der Waals surface area contributed by atoms with Gasteiger partial charge in [-0.15, -0.1) is 11.3 Å². The lowest BCUT2D eigenvalue weighted by Gasteiger charge is -2.11. The van der Waals surface area contributed by atoms with Crippen LogP contribution < -0.4 is 15.4 Å². The Balaban J connectivity index is 1.19. The largest absolute Gasteiger partial charge is 0.488 e. The molecule has 0 aliphatic heterocycles. The Kier molecular flexibility index (Phi) is 9.18. The van der Waals surface area contributed by atoms with Gasteiger partial charge in [0, 0.05) is 48.4 Å². The third kappa shape index (κ3) is 8.26. The van der Waals surface area contributed by atoms with Crippen LogP contribution in [-0.2, 0) is 22.9 Å². The molecule has 2 N–H and O–H groups in total. The van der Waals surface area contributed by atoms with Gasteiger partial charge in [-0.25, -0.2) is 27.8 Å². The van der Waals surface area contributed by atoms with E-state index in [2.05, 4.69) is 46.5 Å². The van der Waals surface area contributed by atoms with Gasteiger partial charge in [-0.1, -0.05) is 12.1 Å². The monoisotopic (exact) mass is 656 g/mol. The number of benzene rings is 2. The van der Waals surface area contributed by atoms with Gasteiger partial charge < -0.3 is 15.4 Å². The van der Waals surface area contributed by atoms with Gasteiger partial charge in [-0.2, -0.15) is 0 Å². The summed E-state index contributed by atoms with van der Waals surface area (Å²) >= 11 is 5.07. The summed E-state index contributed by atoms with van der Waals surface area (Å²) in [5.41, 5.74) is 3.69. The second kappa shape index (κ2) is 13.0. The van der Waals surface area contributed by atoms with Crippen molar-refractivity contribution in [3.8, 4) is 17.1 Å². The van der Waals surface area contributed by atoms with Gasteiger partial charge in [-0.05, 0) is 57.9 Å². The molecule has 2 aromatic carbocycles. The zero-order valence-corrected chi connectivity index (χ0v) is 25.2. The van der Waals surface area contributed by atoms with E-state index in [4.69, 9.17) is 4.74 Å². The van der Waals surface area contributed by atoms with E-state index in [0.29, 0.717) is 36.7 Å². The zero-order valence-electron chi connectivity index (χ0n) is 22.0. The van der Waals surface area contributed by atoms with Crippen LogP contribution in [0, 0.1) is 5.82 Å². The molecule has 0 bridgehead atoms. The standard InChI is InChI=1S/C28H26BrFN6O3S2/c1-41(37,38)10-9-31-8-7-27-35-25(17-40-27)23-12-19-14-33-28(36-24(19)15-32-23)34-21-5-6-26(22(29)13-21)39-16-18-3-2-4-20(30)11-18/h2-6,11-15,17,31H,7-10,16H2,1H3,(H,33,34,36). The lowest BCUT2D eigenvalue weighted by Crippen LogP contribution is -2.24. The van der Waals surface area contributed by atoms with E-state index in [9.17, 15) is 12.8 Å². The number of hydrogen-bond acceptors (Lipinski definition) is 10. The Morgan fingerprint density at radius 3 is 2.71 bits per heavy atom. The molecular formula is C28H26BrFN6O3S2. The van der Waals surface area contributed by atoms with Gasteiger partial charge in [0.1, 0.15) is 28.0 Å². The summed E-state index contributed by atoms with van der Waals surface area (Å²) in [4.78, 5) is 18.3. The minimum atomic E-state index is -2.97. The fourth-order valence-electron chi connectivity index (χ4n) is 3.87. The van der Waals surface area contributed by atoms with Crippen LogP contribution >= 0.6 is 27.3 Å². The maximum Gasteiger partial charge on any atom is 0.227 e. The maximum absolute atomic E-state index is 13.4. The Bertz CT molecular complexity index is 1780. The molecule has 0 fully saturated rings. The lowest BCUT2D eigenvalue weighted by atomic mass is 10.2. The Morgan fingerprint density at radius 2 is 1.90 bits per heavy atom. The quantitative estimate of drug-likeness (QED) is 0.167. The Morgan fingerprint density at radius 1 is 1.02 bits per heavy atom. The number of hydrogen-bond donors (Lipinski definition) is 2. The molecule has 5 rings (SSSR count). The van der Waals surface area contributed by atoms with Gasteiger partial charge in [0.25, 0.3) is 0 Å². The van der Waals surface area contributed by atoms with Gasteiger partial charge in [-0.3, -0.25) is 4.98 Å². The van der Waals surface area contributed by atoms with Crippen molar-refractivity contribution in [2.24, 2.45) is 0 Å². The molecule has 13 heteroatoms. The average Bonchev–Trinajstić information content (AvgIpc) is 3.40. The van der Waals surface area contributed by atoms with E-state index < -0.39 is 9.84 Å². The second-order valence-corrected chi connectivity index (χ2v) is 13.3. The van der Waals surface area contributed by atoms with Crippen molar-refractivity contribution in [3.63, 3.8) is 0 Å². The normalized spacial score (nSPS) is 11.6. The van der Waals surface area contributed by atoms with Crippen molar-refractivity contribution in [1.82, 2.24) is 25.3 Å². The first-order valence-electron chi connectivity index (χ1n) is 12.6. The molecule has 9 nitrogen and oxygen atoms in total. The average molecular weight is 658 g/mol. The number of aromatic nitrogens is 4. The summed E-state index contributed by atoms with van der Waals surface area (Å²) in [5, 5.41) is 10.1. The van der Waals surface area contributed by atoms with Crippen molar-refractivity contribution in [2.75, 3.05) is 30.4 Å². The van der Waals surface area contributed by atoms with Crippen LogP contribution in [-0.4, -0.2) is 53.5 Å². The summed E-state index contributed by atoms with van der Waals surface area (Å²) in [6, 6.07) is 13.7. The predicted octanol–water partition coefficient (Wildman–Crippen LogP) is 5.55. The summed E-state index contributed by atoms with van der Waals surface area (Å²) in [6.45, 7) is 1.33. The smallest absolute Gasteiger partial charge is 0.227 e. The highest BCUT2D eigenvalue weighted by Crippen LogP contribution is 2.30. The van der Waals surface area contributed by atoms with E-state index in [1.54, 1.807) is 29.8 Å². The number of nitrogens with one attached hydrogen (secondary N) is 2. The molecule has 212 valence electrons. The van der Waals surface area contributed by atoms with Crippen LogP contribution in [0.15, 0.2) is 70.8 Å². The van der Waals surface area contributed by atoms with Crippen LogP contribution in [0.4, 0.5) is 16.0 Å². The number of fused-ring (bicyclic) bond motifs is 1. The lowest BCUT2D eigenvalue weighted by molar-refractivity contribution is 0.303. The predicted molar refractivity (Wildman–Crippen MR) is 163 cm³/mol. The molecule has 0 atom stereocenters. The van der Waals surface area contributed by atoms with Crippen molar-refractivity contribution < 1.29 is 17.5 Å². The third-order valence-electron chi connectivity index (χ3n) is 5.92. The first kappa shape index (κ1) is 29.0. The number of ether oxygens (including phenoxy) is 1. The number of sulfone groups is 1. The number of pyridine rings is 1. The van der Waals surface area contributed by atoms with Crippen LogP contribution in [0.1, 0.15) is 10.6 Å². The minimum absolute atomic E-state index is 0.120. The first-order valence-corrected chi connectivity index (χ1v) is 16.3. The van der Waals surface area contributed by atoms with Crippen molar-refractivity contribution in [1.29, 1.82) is 0 Å². The molecule has 5 aromatic rings. The molecule has 0 saturated heterocycles. The van der Waals surface area contributed by atoms with Gasteiger partial charge >= 0.3 is 0 Å². The molecule has 3 aromatic heterocycles. The third-order valence-corrected chi connectivity index (χ3v) is 8.39. The van der Waals surface area contributed by atoms with E-state index in [-0.39, 0.29) is 18.2 Å². The fourth-order valence-corrected chi connectivity index (χ4v) is 5.67. The van der Waals surface area contributed by atoms with Crippen LogP contribution in [0.5, 0.6) is 5.75 Å². The van der Waals surface area contributed by atoms with Crippen LogP contribution in [0.25, 0.3) is 22.3 Å². The van der Waals surface area contributed by atoms with Gasteiger partial charge in [0.05, 0.1) is 38.3 Å². The fraction of sp³-hybridized carbons (Fsp3) is 0.214. The second-order valence-electron chi connectivity index (χ2n) is 9.27. The highest BCUT2D eigenvalue weighted by Gasteiger charge is 2.10. The number of thiazole rings is 1. The molecule has 0 radical (unpaired) electrons. The van der Waals surface area contributed by atoms with Gasteiger partial charge in [0.2, 0.25) is 5.95 Å². The zero-order chi connectivity index (χ0) is 28.8. The Hall–Kier alpha value is -3.52. The number of anilines is 2. The summed E-state index contributed by atoms with van der Waals surface area (Å²) in [7, 11) is -2.97. The van der Waals surface area contributed by atoms with E-state index in [1.807, 2.05) is 35.7 Å². The summed E-state index contributed by atoms with van der Waals surface area (Å²) in [6.07, 6.45) is 5.37. The molecule has 0 aliphatic carbocycles. The van der Waals surface area contributed by atoms with Crippen molar-refractivity contribution in [3.05, 3.63) is 87.2 Å². The molecule has 0 aliphatic rings. The summed E-state index contributed by atoms with van der Waals surface area (Å²) in [5.74, 6) is 0.874. The first-order chi connectivity index (χ1) is 19.7. The number of rotatable bonds is 12. The molecule has 3 heterocycles. The number of nitrogens with zero attached hydrogens (tertiary/aromatic N) is 4. The SMILES string of the molecule is CS(=O)(=O)CCNCCc1nc(-c2cc3cnc(Nc4ccc(OCc5cccc(F)c5)c(Br)c4)nc3cn2)cs1. The van der Waals surface area contributed by atoms with Crippen LogP contribution in [0.2, 0.25) is 0 Å². The van der Waals surface area contributed by atoms with Crippen molar-refractivity contribution >= 4 is 59.6 Å². The number of halogens is 2. The highest BCUT2D eigenvalue weighted by atomic mass is 79.9. The van der Waals surface area contributed by atoms with E-state index in [0.717, 1.165) is 37.5 Å². The topological polar surface area (TPSA) is 119 Å². The molecule has 41 heavy (non-hydrogen) atoms. The maximum atomic E-state index is 13.4. The highest BCUT2D eigenvalue weighted by molar-refractivity contribution is 9.10. The van der Waals surface area contributed by atoms with E-state index in [1.165, 1.54) is 18.4 Å². The van der Waals surface area contributed by atoms with Crippen molar-refractivity contribution in [2.45, 2.75) is 13.0 Å². The Labute approximate surface area is 249 Å².